The molecule has 0 heterocycles. The third-order valence-corrected chi connectivity index (χ3v) is 2.36. The standard InChI is InChI=1S/C12H17BrO3/c1-2-14-6-7-15-8-9-16-12-5-3-4-11(13)10-12/h3-5,10H,2,6-9H2,1H3. The second kappa shape index (κ2) is 8.56. The van der Waals surface area contributed by atoms with E-state index in [1.807, 2.05) is 31.2 Å². The highest BCUT2D eigenvalue weighted by molar-refractivity contribution is 9.10. The lowest BCUT2D eigenvalue weighted by atomic mass is 10.3. The molecule has 1 aromatic rings. The predicted octanol–water partition coefficient (Wildman–Crippen LogP) is 2.88. The summed E-state index contributed by atoms with van der Waals surface area (Å²) in [6, 6.07) is 7.76. The zero-order chi connectivity index (χ0) is 11.6. The van der Waals surface area contributed by atoms with Gasteiger partial charge in [0.05, 0.1) is 19.8 Å². The molecular weight excluding hydrogens is 272 g/mol. The van der Waals surface area contributed by atoms with Crippen LogP contribution in [0.1, 0.15) is 6.92 Å². The Bertz CT molecular complexity index is 291. The fraction of sp³-hybridized carbons (Fsp3) is 0.500. The third-order valence-electron chi connectivity index (χ3n) is 1.87. The van der Waals surface area contributed by atoms with Crippen molar-refractivity contribution in [2.45, 2.75) is 6.92 Å². The number of halogens is 1. The van der Waals surface area contributed by atoms with Crippen molar-refractivity contribution in [3.05, 3.63) is 28.7 Å². The van der Waals surface area contributed by atoms with Crippen LogP contribution in [0.2, 0.25) is 0 Å². The minimum Gasteiger partial charge on any atom is -0.491 e. The first kappa shape index (κ1) is 13.5. The van der Waals surface area contributed by atoms with Gasteiger partial charge in [0.1, 0.15) is 12.4 Å². The van der Waals surface area contributed by atoms with E-state index in [1.165, 1.54) is 0 Å². The fourth-order valence-electron chi connectivity index (χ4n) is 1.14. The Balaban J connectivity index is 2.03. The van der Waals surface area contributed by atoms with E-state index in [2.05, 4.69) is 15.9 Å². The van der Waals surface area contributed by atoms with Gasteiger partial charge in [-0.1, -0.05) is 22.0 Å². The molecule has 0 spiro atoms. The molecule has 0 radical (unpaired) electrons. The molecule has 16 heavy (non-hydrogen) atoms. The highest BCUT2D eigenvalue weighted by Gasteiger charge is 1.94. The summed E-state index contributed by atoms with van der Waals surface area (Å²) in [5, 5.41) is 0. The second-order valence-corrected chi connectivity index (χ2v) is 4.03. The van der Waals surface area contributed by atoms with Gasteiger partial charge in [-0.05, 0) is 25.1 Å². The second-order valence-electron chi connectivity index (χ2n) is 3.12. The Kier molecular flexibility index (Phi) is 7.21. The summed E-state index contributed by atoms with van der Waals surface area (Å²) >= 11 is 3.39. The van der Waals surface area contributed by atoms with Crippen molar-refractivity contribution < 1.29 is 14.2 Å². The van der Waals surface area contributed by atoms with Crippen LogP contribution in [0.5, 0.6) is 5.75 Å². The number of hydrogen-bond donors (Lipinski definition) is 0. The fourth-order valence-corrected chi connectivity index (χ4v) is 1.52. The Hall–Kier alpha value is -0.580. The Morgan fingerprint density at radius 3 is 2.56 bits per heavy atom. The van der Waals surface area contributed by atoms with E-state index in [4.69, 9.17) is 14.2 Å². The third kappa shape index (κ3) is 6.10. The van der Waals surface area contributed by atoms with Gasteiger partial charge in [0.2, 0.25) is 0 Å². The zero-order valence-electron chi connectivity index (χ0n) is 9.45. The monoisotopic (exact) mass is 288 g/mol. The Morgan fingerprint density at radius 1 is 1.06 bits per heavy atom. The molecule has 0 saturated heterocycles. The Morgan fingerprint density at radius 2 is 1.81 bits per heavy atom. The maximum Gasteiger partial charge on any atom is 0.120 e. The van der Waals surface area contributed by atoms with Crippen LogP contribution in [0.25, 0.3) is 0 Å². The quantitative estimate of drug-likeness (QED) is 0.689. The first-order valence-electron chi connectivity index (χ1n) is 5.36. The summed E-state index contributed by atoms with van der Waals surface area (Å²) in [7, 11) is 0. The van der Waals surface area contributed by atoms with E-state index in [1.54, 1.807) is 0 Å². The van der Waals surface area contributed by atoms with E-state index < -0.39 is 0 Å². The van der Waals surface area contributed by atoms with Gasteiger partial charge in [-0.25, -0.2) is 0 Å². The molecule has 0 aromatic heterocycles. The smallest absolute Gasteiger partial charge is 0.120 e. The summed E-state index contributed by atoms with van der Waals surface area (Å²) in [4.78, 5) is 0. The predicted molar refractivity (Wildman–Crippen MR) is 66.9 cm³/mol. The maximum atomic E-state index is 5.50. The van der Waals surface area contributed by atoms with Crippen LogP contribution in [0.15, 0.2) is 28.7 Å². The minimum absolute atomic E-state index is 0.558. The number of benzene rings is 1. The molecule has 0 aliphatic rings. The summed E-state index contributed by atoms with van der Waals surface area (Å²) in [6.45, 7) is 5.11. The van der Waals surface area contributed by atoms with Gasteiger partial charge in [0.25, 0.3) is 0 Å². The minimum atomic E-state index is 0.558. The molecule has 0 atom stereocenters. The van der Waals surface area contributed by atoms with Crippen molar-refractivity contribution in [2.75, 3.05) is 33.0 Å². The lowest BCUT2D eigenvalue weighted by Crippen LogP contribution is -2.10. The summed E-state index contributed by atoms with van der Waals surface area (Å²) in [5.41, 5.74) is 0. The molecular formula is C12H17BrO3. The van der Waals surface area contributed by atoms with E-state index in [-0.39, 0.29) is 0 Å². The molecule has 0 saturated carbocycles. The topological polar surface area (TPSA) is 27.7 Å². The van der Waals surface area contributed by atoms with Crippen molar-refractivity contribution >= 4 is 15.9 Å². The van der Waals surface area contributed by atoms with Crippen molar-refractivity contribution in [1.82, 2.24) is 0 Å². The number of rotatable bonds is 8. The van der Waals surface area contributed by atoms with Gasteiger partial charge in [-0.2, -0.15) is 0 Å². The molecule has 1 rings (SSSR count). The van der Waals surface area contributed by atoms with Gasteiger partial charge in [0.15, 0.2) is 0 Å². The largest absolute Gasteiger partial charge is 0.491 e. The lowest BCUT2D eigenvalue weighted by Gasteiger charge is -2.07. The lowest BCUT2D eigenvalue weighted by molar-refractivity contribution is 0.0405. The molecule has 0 aliphatic heterocycles. The van der Waals surface area contributed by atoms with E-state index >= 15 is 0 Å². The van der Waals surface area contributed by atoms with E-state index in [0.29, 0.717) is 26.4 Å². The van der Waals surface area contributed by atoms with Crippen molar-refractivity contribution in [3.8, 4) is 5.75 Å². The molecule has 4 heteroatoms. The molecule has 90 valence electrons. The van der Waals surface area contributed by atoms with E-state index in [9.17, 15) is 0 Å². The van der Waals surface area contributed by atoms with Gasteiger partial charge < -0.3 is 14.2 Å². The van der Waals surface area contributed by atoms with Crippen LogP contribution >= 0.6 is 15.9 Å². The average molecular weight is 289 g/mol. The van der Waals surface area contributed by atoms with Crippen molar-refractivity contribution in [3.63, 3.8) is 0 Å². The maximum absolute atomic E-state index is 5.50. The zero-order valence-corrected chi connectivity index (χ0v) is 11.0. The molecule has 0 fully saturated rings. The average Bonchev–Trinajstić information content (AvgIpc) is 2.28. The SMILES string of the molecule is CCOCCOCCOc1cccc(Br)c1. The highest BCUT2D eigenvalue weighted by atomic mass is 79.9. The molecule has 0 N–H and O–H groups in total. The van der Waals surface area contributed by atoms with Crippen LogP contribution in [-0.4, -0.2) is 33.0 Å². The van der Waals surface area contributed by atoms with Gasteiger partial charge in [0, 0.05) is 11.1 Å². The van der Waals surface area contributed by atoms with Crippen LogP contribution in [0.4, 0.5) is 0 Å². The first-order valence-corrected chi connectivity index (χ1v) is 6.16. The van der Waals surface area contributed by atoms with Gasteiger partial charge in [-0.15, -0.1) is 0 Å². The van der Waals surface area contributed by atoms with Crippen LogP contribution < -0.4 is 4.74 Å². The normalized spacial score (nSPS) is 10.4. The number of hydrogen-bond acceptors (Lipinski definition) is 3. The molecule has 0 amide bonds. The summed E-state index contributed by atoms with van der Waals surface area (Å²) in [5.74, 6) is 0.850. The highest BCUT2D eigenvalue weighted by Crippen LogP contribution is 2.17. The summed E-state index contributed by atoms with van der Waals surface area (Å²) in [6.07, 6.45) is 0. The van der Waals surface area contributed by atoms with Crippen molar-refractivity contribution in [1.29, 1.82) is 0 Å². The molecule has 0 bridgehead atoms. The molecule has 3 nitrogen and oxygen atoms in total. The molecule has 0 unspecified atom stereocenters. The first-order chi connectivity index (χ1) is 7.83. The molecule has 1 aromatic carbocycles. The Labute approximate surface area is 105 Å². The summed E-state index contributed by atoms with van der Waals surface area (Å²) < 4.78 is 17.0. The molecule has 0 aliphatic carbocycles. The van der Waals surface area contributed by atoms with Crippen molar-refractivity contribution in [2.24, 2.45) is 0 Å². The van der Waals surface area contributed by atoms with E-state index in [0.717, 1.165) is 16.8 Å². The van der Waals surface area contributed by atoms with Crippen LogP contribution in [0, 0.1) is 0 Å². The van der Waals surface area contributed by atoms with Crippen LogP contribution in [-0.2, 0) is 9.47 Å². The van der Waals surface area contributed by atoms with Gasteiger partial charge >= 0.3 is 0 Å². The van der Waals surface area contributed by atoms with Crippen LogP contribution in [0.3, 0.4) is 0 Å². The van der Waals surface area contributed by atoms with Gasteiger partial charge in [-0.3, -0.25) is 0 Å². The number of ether oxygens (including phenoxy) is 3.